The van der Waals surface area contributed by atoms with Crippen LogP contribution in [-0.2, 0) is 11.9 Å². The van der Waals surface area contributed by atoms with E-state index in [9.17, 15) is 22.8 Å². The van der Waals surface area contributed by atoms with Gasteiger partial charge in [-0.3, -0.25) is 9.59 Å². The zero-order valence-electron chi connectivity index (χ0n) is 17.5. The summed E-state index contributed by atoms with van der Waals surface area (Å²) in [7, 11) is 0. The molecule has 2 aromatic carbocycles. The van der Waals surface area contributed by atoms with Gasteiger partial charge in [0.25, 0.3) is 5.91 Å². The minimum absolute atomic E-state index is 0.0862. The molecule has 3 aromatic rings. The van der Waals surface area contributed by atoms with Gasteiger partial charge in [-0.15, -0.1) is 0 Å². The van der Waals surface area contributed by atoms with E-state index >= 15 is 0 Å². The summed E-state index contributed by atoms with van der Waals surface area (Å²) in [4.78, 5) is 24.8. The Balaban J connectivity index is 1.68. The molecule has 1 N–H and O–H groups in total. The fourth-order valence-corrected chi connectivity index (χ4v) is 3.90. The van der Waals surface area contributed by atoms with Crippen LogP contribution in [0.25, 0.3) is 5.69 Å². The Labute approximate surface area is 192 Å². The smallest absolute Gasteiger partial charge is 0.350 e. The molecule has 0 atom stereocenters. The van der Waals surface area contributed by atoms with E-state index in [0.29, 0.717) is 22.8 Å². The maximum atomic E-state index is 13.0. The third-order valence-corrected chi connectivity index (χ3v) is 5.68. The Morgan fingerprint density at radius 2 is 1.94 bits per heavy atom. The van der Waals surface area contributed by atoms with E-state index in [0.717, 1.165) is 28.4 Å². The summed E-state index contributed by atoms with van der Waals surface area (Å²) in [5.41, 5.74) is -0.0261. The largest absolute Gasteiger partial charge is 0.416 e. The number of aryl methyl sites for hydroxylation is 1. The molecule has 0 saturated carbocycles. The number of nitriles is 1. The summed E-state index contributed by atoms with van der Waals surface area (Å²) in [6, 6.07) is 15.0. The lowest BCUT2D eigenvalue weighted by Gasteiger charge is -2.13. The first-order chi connectivity index (χ1) is 15.7. The van der Waals surface area contributed by atoms with Gasteiger partial charge in [0.1, 0.15) is 0 Å². The average Bonchev–Trinajstić information content (AvgIpc) is 2.78. The van der Waals surface area contributed by atoms with Crippen molar-refractivity contribution in [3.05, 3.63) is 92.9 Å². The van der Waals surface area contributed by atoms with Crippen LogP contribution in [0.15, 0.2) is 59.4 Å². The van der Waals surface area contributed by atoms with Crippen LogP contribution in [0.1, 0.15) is 32.9 Å². The summed E-state index contributed by atoms with van der Waals surface area (Å²) in [5.74, 6) is 0.406. The molecule has 10 heteroatoms. The number of thioether (sulfide) groups is 1. The second kappa shape index (κ2) is 10.4. The summed E-state index contributed by atoms with van der Waals surface area (Å²) in [5, 5.41) is 15.7. The van der Waals surface area contributed by atoms with Gasteiger partial charge < -0.3 is 5.32 Å². The molecule has 0 radical (unpaired) electrons. The number of hydrogen-bond donors (Lipinski definition) is 1. The number of carbonyl (C=O) groups excluding carboxylic acids is 1. The molecule has 0 aliphatic carbocycles. The molecule has 0 bridgehead atoms. The van der Waals surface area contributed by atoms with Gasteiger partial charge in [-0.1, -0.05) is 24.3 Å². The van der Waals surface area contributed by atoms with Crippen LogP contribution in [-0.4, -0.2) is 28.0 Å². The van der Waals surface area contributed by atoms with Crippen LogP contribution in [0.2, 0.25) is 0 Å². The summed E-state index contributed by atoms with van der Waals surface area (Å²) < 4.78 is 40.3. The van der Waals surface area contributed by atoms with Gasteiger partial charge in [0.05, 0.1) is 22.9 Å². The fourth-order valence-electron chi connectivity index (χ4n) is 3.04. The Hall–Kier alpha value is -3.58. The van der Waals surface area contributed by atoms with Gasteiger partial charge in [-0.25, -0.2) is 4.68 Å². The highest BCUT2D eigenvalue weighted by atomic mass is 32.2. The molecular formula is C23H19F3N4O2S. The van der Waals surface area contributed by atoms with Gasteiger partial charge in [0.2, 0.25) is 5.43 Å². The molecule has 0 aliphatic heterocycles. The highest BCUT2D eigenvalue weighted by Gasteiger charge is 2.30. The van der Waals surface area contributed by atoms with E-state index < -0.39 is 28.8 Å². The van der Waals surface area contributed by atoms with Crippen LogP contribution in [0, 0.1) is 18.3 Å². The third kappa shape index (κ3) is 6.02. The average molecular weight is 472 g/mol. The minimum Gasteiger partial charge on any atom is -0.350 e. The predicted octanol–water partition coefficient (Wildman–Crippen LogP) is 4.09. The van der Waals surface area contributed by atoms with E-state index in [4.69, 9.17) is 5.26 Å². The number of nitrogens with zero attached hydrogens (tertiary/aromatic N) is 3. The molecule has 0 fully saturated rings. The highest BCUT2D eigenvalue weighted by molar-refractivity contribution is 7.98. The van der Waals surface area contributed by atoms with Crippen molar-refractivity contribution in [1.29, 1.82) is 5.26 Å². The van der Waals surface area contributed by atoms with E-state index in [1.54, 1.807) is 12.1 Å². The van der Waals surface area contributed by atoms with Crippen molar-refractivity contribution in [1.82, 2.24) is 15.1 Å². The van der Waals surface area contributed by atoms with Crippen LogP contribution < -0.4 is 10.7 Å². The van der Waals surface area contributed by atoms with Gasteiger partial charge in [-0.2, -0.15) is 35.3 Å². The van der Waals surface area contributed by atoms with Crippen molar-refractivity contribution in [2.24, 2.45) is 0 Å². The molecule has 0 saturated heterocycles. The second-order valence-electron chi connectivity index (χ2n) is 7.04. The molecule has 6 nitrogen and oxygen atoms in total. The monoisotopic (exact) mass is 472 g/mol. The zero-order chi connectivity index (χ0) is 24.0. The minimum atomic E-state index is -4.53. The predicted molar refractivity (Wildman–Crippen MR) is 119 cm³/mol. The molecule has 0 aliphatic rings. The van der Waals surface area contributed by atoms with Gasteiger partial charge in [0.15, 0.2) is 5.69 Å². The van der Waals surface area contributed by atoms with Crippen molar-refractivity contribution >= 4 is 17.7 Å². The Morgan fingerprint density at radius 3 is 2.67 bits per heavy atom. The maximum absolute atomic E-state index is 13.0. The number of nitrogens with one attached hydrogen (secondary N) is 1. The van der Waals surface area contributed by atoms with Crippen LogP contribution in [0.5, 0.6) is 0 Å². The molecule has 1 amide bonds. The van der Waals surface area contributed by atoms with Gasteiger partial charge >= 0.3 is 6.18 Å². The van der Waals surface area contributed by atoms with Crippen molar-refractivity contribution in [2.45, 2.75) is 18.9 Å². The summed E-state index contributed by atoms with van der Waals surface area (Å²) >= 11 is 1.51. The molecular weight excluding hydrogens is 453 g/mol. The number of benzene rings is 2. The Kier molecular flexibility index (Phi) is 7.55. The zero-order valence-corrected chi connectivity index (χ0v) is 18.3. The SMILES string of the molecule is Cc1cc(=O)c(C(=O)NCCSCc2ccccc2C#N)nn1-c1cccc(C(F)(F)F)c1. The topological polar surface area (TPSA) is 87.8 Å². The van der Waals surface area contributed by atoms with Gasteiger partial charge in [-0.05, 0) is 36.8 Å². The lowest BCUT2D eigenvalue weighted by atomic mass is 10.1. The van der Waals surface area contributed by atoms with E-state index in [1.807, 2.05) is 12.1 Å². The van der Waals surface area contributed by atoms with E-state index in [2.05, 4.69) is 16.5 Å². The van der Waals surface area contributed by atoms with Crippen LogP contribution >= 0.6 is 11.8 Å². The lowest BCUT2D eigenvalue weighted by Crippen LogP contribution is -2.33. The fraction of sp³-hybridized carbons (Fsp3) is 0.217. The number of aromatic nitrogens is 2. The van der Waals surface area contributed by atoms with Crippen molar-refractivity contribution in [2.75, 3.05) is 12.3 Å². The molecule has 0 unspecified atom stereocenters. The number of halogens is 3. The first kappa shape index (κ1) is 24.1. The molecule has 1 aromatic heterocycles. The quantitative estimate of drug-likeness (QED) is 0.524. The molecule has 1 heterocycles. The molecule has 33 heavy (non-hydrogen) atoms. The van der Waals surface area contributed by atoms with Crippen molar-refractivity contribution < 1.29 is 18.0 Å². The molecule has 3 rings (SSSR count). The van der Waals surface area contributed by atoms with E-state index in [-0.39, 0.29) is 12.2 Å². The normalized spacial score (nSPS) is 11.1. The molecule has 170 valence electrons. The summed E-state index contributed by atoms with van der Waals surface area (Å²) in [6.07, 6.45) is -4.53. The number of rotatable bonds is 7. The number of amides is 1. The number of alkyl halides is 3. The Morgan fingerprint density at radius 1 is 1.18 bits per heavy atom. The van der Waals surface area contributed by atoms with Gasteiger partial charge in [0, 0.05) is 29.8 Å². The summed E-state index contributed by atoms with van der Waals surface area (Å²) in [6.45, 7) is 1.77. The Bertz CT molecular complexity index is 1270. The lowest BCUT2D eigenvalue weighted by molar-refractivity contribution is -0.137. The van der Waals surface area contributed by atoms with E-state index in [1.165, 1.54) is 30.8 Å². The number of carbonyl (C=O) groups is 1. The first-order valence-electron chi connectivity index (χ1n) is 9.83. The van der Waals surface area contributed by atoms with Crippen LogP contribution in [0.4, 0.5) is 13.2 Å². The van der Waals surface area contributed by atoms with Crippen LogP contribution in [0.3, 0.4) is 0 Å². The highest BCUT2D eigenvalue weighted by Crippen LogP contribution is 2.30. The second-order valence-corrected chi connectivity index (χ2v) is 8.14. The first-order valence-corrected chi connectivity index (χ1v) is 11.0. The number of hydrogen-bond acceptors (Lipinski definition) is 5. The third-order valence-electron chi connectivity index (χ3n) is 4.67. The maximum Gasteiger partial charge on any atom is 0.416 e. The standard InChI is InChI=1S/C23H19F3N4O2S/c1-15-11-20(31)21(29-30(15)19-8-4-7-18(12-19)23(24,25)26)22(32)28-9-10-33-14-17-6-3-2-5-16(17)13-27/h2-8,11-12H,9-10,14H2,1H3,(H,28,32). The molecule has 0 spiro atoms. The van der Waals surface area contributed by atoms with Crippen molar-refractivity contribution in [3.63, 3.8) is 0 Å². The van der Waals surface area contributed by atoms with Crippen molar-refractivity contribution in [3.8, 4) is 11.8 Å².